The van der Waals surface area contributed by atoms with Crippen molar-refractivity contribution in [2.45, 2.75) is 25.8 Å². The molecule has 1 aliphatic heterocycles. The zero-order chi connectivity index (χ0) is 24.5. The number of pyridine rings is 1. The fourth-order valence-electron chi connectivity index (χ4n) is 4.19. The Labute approximate surface area is 206 Å². The number of anilines is 2. The van der Waals surface area contributed by atoms with E-state index in [1.165, 1.54) is 5.56 Å². The zero-order valence-corrected chi connectivity index (χ0v) is 19.9. The molecule has 1 aliphatic rings. The van der Waals surface area contributed by atoms with Gasteiger partial charge in [-0.15, -0.1) is 0 Å². The molecule has 0 saturated carbocycles. The van der Waals surface area contributed by atoms with Crippen molar-refractivity contribution in [3.8, 4) is 11.3 Å². The molecule has 2 aromatic heterocycles. The first-order valence-electron chi connectivity index (χ1n) is 12.1. The number of carboxylic acid groups (broad SMARTS) is 1. The molecule has 4 rings (SSSR count). The van der Waals surface area contributed by atoms with E-state index >= 15 is 0 Å². The van der Waals surface area contributed by atoms with Gasteiger partial charge in [0.25, 0.3) is 0 Å². The molecule has 3 aromatic rings. The lowest BCUT2D eigenvalue weighted by atomic mass is 10.1. The average Bonchev–Trinajstić information content (AvgIpc) is 2.86. The smallest absolute Gasteiger partial charge is 0.317 e. The van der Waals surface area contributed by atoms with Crippen molar-refractivity contribution in [3.63, 3.8) is 0 Å². The Balaban J connectivity index is 1.35. The Morgan fingerprint density at radius 2 is 1.86 bits per heavy atom. The summed E-state index contributed by atoms with van der Waals surface area (Å²) in [6, 6.07) is 14.2. The van der Waals surface area contributed by atoms with Crippen LogP contribution in [-0.2, 0) is 17.8 Å². The van der Waals surface area contributed by atoms with Crippen LogP contribution < -0.4 is 11.1 Å². The molecule has 1 fully saturated rings. The number of benzene rings is 1. The first-order valence-corrected chi connectivity index (χ1v) is 12.1. The van der Waals surface area contributed by atoms with Crippen LogP contribution in [0.1, 0.15) is 24.1 Å². The number of nitrogens with one attached hydrogen (secondary N) is 1. The molecule has 0 radical (unpaired) electrons. The van der Waals surface area contributed by atoms with Gasteiger partial charge in [-0.2, -0.15) is 0 Å². The van der Waals surface area contributed by atoms with Crippen LogP contribution in [0, 0.1) is 0 Å². The maximum Gasteiger partial charge on any atom is 0.317 e. The van der Waals surface area contributed by atoms with Crippen LogP contribution in [0.25, 0.3) is 11.3 Å². The molecule has 1 saturated heterocycles. The fourth-order valence-corrected chi connectivity index (χ4v) is 4.19. The number of unbranched alkanes of at least 4 members (excludes halogenated alkanes) is 1. The summed E-state index contributed by atoms with van der Waals surface area (Å²) >= 11 is 0. The van der Waals surface area contributed by atoms with Crippen LogP contribution in [0.5, 0.6) is 0 Å². The minimum atomic E-state index is -0.768. The van der Waals surface area contributed by atoms with E-state index in [1.807, 2.05) is 41.4 Å². The summed E-state index contributed by atoms with van der Waals surface area (Å²) in [5, 5.41) is 12.3. The normalized spacial score (nSPS) is 14.7. The van der Waals surface area contributed by atoms with E-state index < -0.39 is 5.97 Å². The molecule has 3 heterocycles. The first-order chi connectivity index (χ1) is 17.1. The van der Waals surface area contributed by atoms with Gasteiger partial charge >= 0.3 is 5.97 Å². The Bertz CT molecular complexity index is 1100. The summed E-state index contributed by atoms with van der Waals surface area (Å²) in [6.45, 7) is 4.90. The molecule has 0 bridgehead atoms. The van der Waals surface area contributed by atoms with Gasteiger partial charge in [-0.25, -0.2) is 9.97 Å². The van der Waals surface area contributed by atoms with Gasteiger partial charge in [-0.3, -0.25) is 19.6 Å². The van der Waals surface area contributed by atoms with Crippen LogP contribution in [0.15, 0.2) is 54.9 Å². The largest absolute Gasteiger partial charge is 0.480 e. The molecule has 9 nitrogen and oxygen atoms in total. The van der Waals surface area contributed by atoms with Gasteiger partial charge in [0.2, 0.25) is 5.95 Å². The van der Waals surface area contributed by atoms with E-state index in [0.717, 1.165) is 74.6 Å². The summed E-state index contributed by atoms with van der Waals surface area (Å²) in [7, 11) is 0. The van der Waals surface area contributed by atoms with E-state index in [-0.39, 0.29) is 6.54 Å². The molecule has 4 N–H and O–H groups in total. The molecule has 184 valence electrons. The van der Waals surface area contributed by atoms with E-state index in [0.29, 0.717) is 12.5 Å². The minimum absolute atomic E-state index is 0.112. The van der Waals surface area contributed by atoms with Gasteiger partial charge in [0.05, 0.1) is 12.2 Å². The lowest BCUT2D eigenvalue weighted by Crippen LogP contribution is -2.47. The molecule has 0 amide bonds. The second-order valence-electron chi connectivity index (χ2n) is 8.82. The van der Waals surface area contributed by atoms with Crippen LogP contribution in [0.3, 0.4) is 0 Å². The topological polar surface area (TPSA) is 121 Å². The van der Waals surface area contributed by atoms with Gasteiger partial charge in [-0.1, -0.05) is 12.1 Å². The summed E-state index contributed by atoms with van der Waals surface area (Å²) in [6.07, 6.45) is 6.60. The highest BCUT2D eigenvalue weighted by molar-refractivity contribution is 5.69. The third-order valence-corrected chi connectivity index (χ3v) is 6.08. The molecular weight excluding hydrogens is 442 g/mol. The number of hydrogen-bond donors (Lipinski definition) is 3. The number of aryl methyl sites for hydroxylation is 1. The third-order valence-electron chi connectivity index (χ3n) is 6.08. The fraction of sp³-hybridized carbons (Fsp3) is 0.385. The van der Waals surface area contributed by atoms with Crippen molar-refractivity contribution in [1.29, 1.82) is 0 Å². The van der Waals surface area contributed by atoms with Crippen molar-refractivity contribution in [2.24, 2.45) is 5.73 Å². The Hall–Kier alpha value is -3.40. The van der Waals surface area contributed by atoms with Crippen LogP contribution in [0.4, 0.5) is 11.6 Å². The summed E-state index contributed by atoms with van der Waals surface area (Å²) in [5.41, 5.74) is 10.5. The monoisotopic (exact) mass is 475 g/mol. The number of nitrogens with two attached hydrogens (primary N) is 1. The van der Waals surface area contributed by atoms with Crippen molar-refractivity contribution >= 4 is 17.6 Å². The molecule has 0 atom stereocenters. The van der Waals surface area contributed by atoms with Crippen molar-refractivity contribution < 1.29 is 9.90 Å². The summed E-state index contributed by atoms with van der Waals surface area (Å²) < 4.78 is 0. The quantitative estimate of drug-likeness (QED) is 0.360. The van der Waals surface area contributed by atoms with E-state index in [9.17, 15) is 4.79 Å². The molecule has 1 aromatic carbocycles. The van der Waals surface area contributed by atoms with Gasteiger partial charge in [-0.05, 0) is 61.7 Å². The molecular formula is C26H33N7O2. The van der Waals surface area contributed by atoms with Crippen molar-refractivity contribution in [2.75, 3.05) is 44.6 Å². The van der Waals surface area contributed by atoms with Gasteiger partial charge in [0.1, 0.15) is 0 Å². The van der Waals surface area contributed by atoms with Crippen LogP contribution >= 0.6 is 0 Å². The number of aliphatic carboxylic acids is 1. The third kappa shape index (κ3) is 7.54. The van der Waals surface area contributed by atoms with Gasteiger partial charge < -0.3 is 16.2 Å². The van der Waals surface area contributed by atoms with E-state index in [4.69, 9.17) is 10.8 Å². The number of hydrogen-bond acceptors (Lipinski definition) is 8. The molecule has 35 heavy (non-hydrogen) atoms. The molecule has 9 heteroatoms. The highest BCUT2D eigenvalue weighted by Gasteiger charge is 2.18. The number of carbonyl (C=O) groups is 1. The number of rotatable bonds is 11. The van der Waals surface area contributed by atoms with Gasteiger partial charge in [0.15, 0.2) is 0 Å². The maximum atomic E-state index is 10.9. The predicted octanol–water partition coefficient (Wildman–Crippen LogP) is 2.77. The Morgan fingerprint density at radius 1 is 1.03 bits per heavy atom. The van der Waals surface area contributed by atoms with Crippen molar-refractivity contribution in [3.05, 3.63) is 66.1 Å². The molecule has 0 unspecified atom stereocenters. The summed E-state index contributed by atoms with van der Waals surface area (Å²) in [4.78, 5) is 28.9. The van der Waals surface area contributed by atoms with Crippen molar-refractivity contribution in [1.82, 2.24) is 24.8 Å². The highest BCUT2D eigenvalue weighted by atomic mass is 16.4. The van der Waals surface area contributed by atoms with Gasteiger partial charge in [0, 0.05) is 62.1 Å². The highest BCUT2D eigenvalue weighted by Crippen LogP contribution is 2.21. The SMILES string of the molecule is NCCCCc1ccc(-c2ccnc(Nc3cccc(CN4CCN(CC(=O)O)CC4)c3)n2)cn1. The second kappa shape index (κ2) is 12.3. The minimum Gasteiger partial charge on any atom is -0.480 e. The predicted molar refractivity (Wildman–Crippen MR) is 136 cm³/mol. The summed E-state index contributed by atoms with van der Waals surface area (Å²) in [5.74, 6) is -0.232. The van der Waals surface area contributed by atoms with Crippen LogP contribution in [-0.4, -0.2) is 75.1 Å². The maximum absolute atomic E-state index is 10.9. The lowest BCUT2D eigenvalue weighted by molar-refractivity contribution is -0.138. The van der Waals surface area contributed by atoms with Crippen LogP contribution in [0.2, 0.25) is 0 Å². The lowest BCUT2D eigenvalue weighted by Gasteiger charge is -2.33. The van der Waals surface area contributed by atoms with E-state index in [2.05, 4.69) is 37.3 Å². The molecule has 0 aliphatic carbocycles. The number of piperazine rings is 1. The Morgan fingerprint density at radius 3 is 2.60 bits per heavy atom. The zero-order valence-electron chi connectivity index (χ0n) is 19.9. The number of nitrogens with zero attached hydrogens (tertiary/aromatic N) is 5. The van der Waals surface area contributed by atoms with E-state index in [1.54, 1.807) is 6.20 Å². The standard InChI is InChI=1S/C26H33N7O2/c27-10-2-1-5-22-8-7-21(17-29-22)24-9-11-28-26(31-24)30-23-6-3-4-20(16-23)18-32-12-14-33(15-13-32)19-25(34)35/h3-4,6-9,11,16-17H,1-2,5,10,12-15,18-19,27H2,(H,34,35)(H,28,30,31). The number of aromatic nitrogens is 3. The second-order valence-corrected chi connectivity index (χ2v) is 8.82. The molecule has 0 spiro atoms. The first kappa shape index (κ1) is 24.7. The average molecular weight is 476 g/mol. The Kier molecular flexibility index (Phi) is 8.72. The number of carboxylic acids is 1.